The first-order chi connectivity index (χ1) is 24.1. The van der Waals surface area contributed by atoms with Gasteiger partial charge >= 0.3 is 5.97 Å². The molecule has 0 unspecified atom stereocenters. The van der Waals surface area contributed by atoms with Crippen LogP contribution in [-0.2, 0) is 27.4 Å². The highest BCUT2D eigenvalue weighted by atomic mass is 19.1. The Morgan fingerprint density at radius 2 is 1.68 bits per heavy atom. The maximum atomic E-state index is 14.6. The van der Waals surface area contributed by atoms with Crippen LogP contribution in [0.1, 0.15) is 97.2 Å². The van der Waals surface area contributed by atoms with Gasteiger partial charge in [0.2, 0.25) is 5.91 Å². The van der Waals surface area contributed by atoms with Crippen LogP contribution < -0.4 is 10.9 Å². The molecule has 3 atom stereocenters. The number of rotatable bonds is 13. The molecule has 262 valence electrons. The topological polar surface area (TPSA) is 121 Å². The van der Waals surface area contributed by atoms with Gasteiger partial charge in [0, 0.05) is 23.6 Å². The zero-order valence-electron chi connectivity index (χ0n) is 29.1. The number of esters is 1. The molecule has 0 radical (unpaired) electrons. The van der Waals surface area contributed by atoms with E-state index in [4.69, 9.17) is 4.74 Å². The lowest BCUT2D eigenvalue weighted by atomic mass is 9.74. The molecule has 1 fully saturated rings. The second kappa shape index (κ2) is 16.1. The minimum absolute atomic E-state index is 0.112. The molecule has 2 amide bonds. The molecule has 5 rings (SSSR count). The van der Waals surface area contributed by atoms with E-state index in [1.807, 2.05) is 51.1 Å². The average Bonchev–Trinajstić information content (AvgIpc) is 3.58. The van der Waals surface area contributed by atoms with Crippen molar-refractivity contribution in [2.24, 2.45) is 5.41 Å². The molecule has 9 nitrogen and oxygen atoms in total. The number of carbonyl (C=O) groups excluding carboxylic acids is 3. The number of nitrogens with zero attached hydrogens (tertiary/aromatic N) is 2. The maximum Gasteiger partial charge on any atom is 0.314 e. The number of amides is 2. The van der Waals surface area contributed by atoms with Crippen molar-refractivity contribution in [2.45, 2.75) is 91.0 Å². The van der Waals surface area contributed by atoms with E-state index in [0.717, 1.165) is 11.1 Å². The third kappa shape index (κ3) is 7.85. The van der Waals surface area contributed by atoms with Crippen LogP contribution in [0.25, 0.3) is 0 Å². The summed E-state index contributed by atoms with van der Waals surface area (Å²) in [6.45, 7) is 7.59. The third-order valence-electron chi connectivity index (χ3n) is 10.0. The van der Waals surface area contributed by atoms with E-state index in [1.54, 1.807) is 54.3 Å². The molecule has 3 aromatic carbocycles. The summed E-state index contributed by atoms with van der Waals surface area (Å²) in [5.41, 5.74) is 2.69. The molecule has 1 aliphatic rings. The lowest BCUT2D eigenvalue weighted by Gasteiger charge is -2.43. The summed E-state index contributed by atoms with van der Waals surface area (Å²) in [5.74, 6) is -1.55. The van der Waals surface area contributed by atoms with Crippen LogP contribution >= 0.6 is 0 Å². The van der Waals surface area contributed by atoms with Crippen molar-refractivity contribution in [1.82, 2.24) is 20.4 Å². The van der Waals surface area contributed by atoms with Crippen molar-refractivity contribution in [1.29, 1.82) is 0 Å². The number of aryl methyl sites for hydroxylation is 1. The fraction of sp³-hybridized carbons (Fsp3) is 0.375. The quantitative estimate of drug-likeness (QED) is 0.154. The van der Waals surface area contributed by atoms with Crippen LogP contribution in [0.2, 0.25) is 0 Å². The molecule has 0 spiro atoms. The molecule has 50 heavy (non-hydrogen) atoms. The van der Waals surface area contributed by atoms with Gasteiger partial charge in [0.1, 0.15) is 18.5 Å². The van der Waals surface area contributed by atoms with Gasteiger partial charge in [-0.3, -0.25) is 19.2 Å². The van der Waals surface area contributed by atoms with Crippen molar-refractivity contribution in [2.75, 3.05) is 0 Å². The normalized spacial score (nSPS) is 16.5. The number of aromatic amines is 1. The molecule has 10 heteroatoms. The third-order valence-corrected chi connectivity index (χ3v) is 10.0. The second-order valence-electron chi connectivity index (χ2n) is 13.0. The molecule has 0 saturated carbocycles. The largest absolute Gasteiger partial charge is 0.460 e. The zero-order chi connectivity index (χ0) is 35.8. The summed E-state index contributed by atoms with van der Waals surface area (Å²) in [6.07, 6.45) is 2.58. The molecule has 2 N–H and O–H groups in total. The minimum Gasteiger partial charge on any atom is -0.460 e. The molecule has 2 heterocycles. The number of halogens is 1. The highest BCUT2D eigenvalue weighted by molar-refractivity contribution is 5.98. The molecule has 1 aromatic heterocycles. The van der Waals surface area contributed by atoms with Crippen LogP contribution in [0.15, 0.2) is 89.7 Å². The van der Waals surface area contributed by atoms with Gasteiger partial charge in [0.15, 0.2) is 0 Å². The van der Waals surface area contributed by atoms with E-state index in [9.17, 15) is 23.6 Å². The number of likely N-dealkylation sites (tertiary alicyclic amines) is 1. The van der Waals surface area contributed by atoms with Crippen molar-refractivity contribution in [3.05, 3.63) is 135 Å². The summed E-state index contributed by atoms with van der Waals surface area (Å²) >= 11 is 0. The summed E-state index contributed by atoms with van der Waals surface area (Å²) in [4.78, 5) is 56.1. The summed E-state index contributed by atoms with van der Waals surface area (Å²) < 4.78 is 20.4. The van der Waals surface area contributed by atoms with Crippen LogP contribution in [0, 0.1) is 18.2 Å². The SMILES string of the molecule is CC[C@@H](NC(=O)c1ccc(Cc2cc(C)n[nH]c2=O)cc1)C(=O)N1[C@H](c2cccc(F)c2)CC[C@@H]1C(CC)(CC)C(=O)OCc1ccccc1. The molecule has 0 aliphatic carbocycles. The van der Waals surface area contributed by atoms with E-state index in [0.29, 0.717) is 60.9 Å². The highest BCUT2D eigenvalue weighted by Gasteiger charge is 2.53. The summed E-state index contributed by atoms with van der Waals surface area (Å²) in [7, 11) is 0. The fourth-order valence-corrected chi connectivity index (χ4v) is 7.16. The first-order valence-electron chi connectivity index (χ1n) is 17.3. The minimum atomic E-state index is -1.01. The van der Waals surface area contributed by atoms with Gasteiger partial charge in [-0.25, -0.2) is 9.49 Å². The first-order valence-corrected chi connectivity index (χ1v) is 17.3. The molecular formula is C40H45FN4O5. The Kier molecular flexibility index (Phi) is 11.6. The Morgan fingerprint density at radius 3 is 2.34 bits per heavy atom. The summed E-state index contributed by atoms with van der Waals surface area (Å²) in [6, 6.07) is 22.4. The number of hydrogen-bond acceptors (Lipinski definition) is 6. The number of aromatic nitrogens is 2. The first kappa shape index (κ1) is 36.2. The molecule has 1 aliphatic heterocycles. The van der Waals surface area contributed by atoms with Crippen LogP contribution in [0.3, 0.4) is 0 Å². The van der Waals surface area contributed by atoms with Crippen LogP contribution in [0.4, 0.5) is 4.39 Å². The molecular weight excluding hydrogens is 635 g/mol. The van der Waals surface area contributed by atoms with Crippen molar-refractivity contribution >= 4 is 17.8 Å². The number of ether oxygens (including phenoxy) is 1. The van der Waals surface area contributed by atoms with Crippen LogP contribution in [0.5, 0.6) is 0 Å². The standard InChI is InChI=1S/C40H45FN4O5/c1-5-33(42-36(46)29-18-16-27(17-19-29)23-31-22-26(4)43-44-37(31)47)38(48)45-34(30-14-11-15-32(41)24-30)20-21-35(45)40(6-2,7-3)39(49)50-25-28-12-9-8-10-13-28/h8-19,22,24,33-35H,5-7,20-21,23,25H2,1-4H3,(H,42,46)(H,44,47)/t33-,34+,35-/m1/s1. The predicted molar refractivity (Wildman–Crippen MR) is 189 cm³/mol. The number of benzene rings is 3. The number of nitrogens with one attached hydrogen (secondary N) is 2. The lowest BCUT2D eigenvalue weighted by Crippen LogP contribution is -2.56. The van der Waals surface area contributed by atoms with Gasteiger partial charge in [-0.2, -0.15) is 5.10 Å². The Labute approximate surface area is 292 Å². The Balaban J connectivity index is 1.40. The summed E-state index contributed by atoms with van der Waals surface area (Å²) in [5, 5.41) is 9.33. The predicted octanol–water partition coefficient (Wildman–Crippen LogP) is 6.60. The fourth-order valence-electron chi connectivity index (χ4n) is 7.16. The Hall–Kier alpha value is -5.12. The zero-order valence-corrected chi connectivity index (χ0v) is 29.1. The van der Waals surface area contributed by atoms with Gasteiger partial charge in [0.25, 0.3) is 11.5 Å². The molecule has 4 aromatic rings. The maximum absolute atomic E-state index is 14.6. The number of hydrogen-bond donors (Lipinski definition) is 2. The van der Waals surface area contributed by atoms with Gasteiger partial charge in [-0.15, -0.1) is 0 Å². The number of H-pyrrole nitrogens is 1. The van der Waals surface area contributed by atoms with E-state index >= 15 is 0 Å². The molecule has 1 saturated heterocycles. The smallest absolute Gasteiger partial charge is 0.314 e. The van der Waals surface area contributed by atoms with Crippen molar-refractivity contribution in [3.8, 4) is 0 Å². The Morgan fingerprint density at radius 1 is 0.960 bits per heavy atom. The van der Waals surface area contributed by atoms with Gasteiger partial charge < -0.3 is 15.0 Å². The van der Waals surface area contributed by atoms with E-state index in [2.05, 4.69) is 15.5 Å². The second-order valence-corrected chi connectivity index (χ2v) is 13.0. The monoisotopic (exact) mass is 680 g/mol. The van der Waals surface area contributed by atoms with Crippen molar-refractivity contribution in [3.63, 3.8) is 0 Å². The van der Waals surface area contributed by atoms with E-state index < -0.39 is 35.3 Å². The van der Waals surface area contributed by atoms with Gasteiger partial charge in [-0.05, 0) is 86.1 Å². The van der Waals surface area contributed by atoms with E-state index in [1.165, 1.54) is 12.1 Å². The van der Waals surface area contributed by atoms with Crippen LogP contribution in [-0.4, -0.2) is 45.0 Å². The number of carbonyl (C=O) groups is 3. The highest BCUT2D eigenvalue weighted by Crippen LogP contribution is 2.48. The lowest BCUT2D eigenvalue weighted by molar-refractivity contribution is -0.165. The average molecular weight is 681 g/mol. The van der Waals surface area contributed by atoms with E-state index in [-0.39, 0.29) is 24.0 Å². The van der Waals surface area contributed by atoms with Gasteiger partial charge in [0.05, 0.1) is 17.2 Å². The van der Waals surface area contributed by atoms with Gasteiger partial charge in [-0.1, -0.05) is 75.4 Å². The molecule has 0 bridgehead atoms. The van der Waals surface area contributed by atoms with Crippen molar-refractivity contribution < 1.29 is 23.5 Å². The Bertz CT molecular complexity index is 1860.